The summed E-state index contributed by atoms with van der Waals surface area (Å²) in [6.45, 7) is 5.69. The average molecular weight is 391 g/mol. The van der Waals surface area contributed by atoms with Crippen molar-refractivity contribution in [3.05, 3.63) is 23.8 Å². The molecule has 1 saturated heterocycles. The van der Waals surface area contributed by atoms with E-state index < -0.39 is 0 Å². The Morgan fingerprint density at radius 2 is 1.96 bits per heavy atom. The third-order valence-electron chi connectivity index (χ3n) is 6.77. The van der Waals surface area contributed by atoms with Crippen LogP contribution in [0.3, 0.4) is 0 Å². The maximum Gasteiger partial charge on any atom is 0.409 e. The summed E-state index contributed by atoms with van der Waals surface area (Å²) < 4.78 is 16.8. The van der Waals surface area contributed by atoms with Gasteiger partial charge in [0.2, 0.25) is 0 Å². The fraction of sp³-hybridized carbons (Fsp3) is 0.682. The third-order valence-corrected chi connectivity index (χ3v) is 6.77. The number of hydrogen-bond acceptors (Lipinski definition) is 5. The van der Waals surface area contributed by atoms with E-state index in [2.05, 4.69) is 31.3 Å². The molecular formula is C22H34N2O4. The van der Waals surface area contributed by atoms with Crippen LogP contribution in [0.1, 0.15) is 51.0 Å². The number of carbonyl (C=O) groups is 1. The van der Waals surface area contributed by atoms with Crippen LogP contribution in [-0.4, -0.2) is 57.5 Å². The number of carbonyl (C=O) groups excluding carboxylic acids is 1. The second-order valence-electron chi connectivity index (χ2n) is 8.35. The van der Waals surface area contributed by atoms with Crippen LogP contribution in [0.4, 0.5) is 4.79 Å². The Hall–Kier alpha value is -1.95. The van der Waals surface area contributed by atoms with Gasteiger partial charge in [-0.3, -0.25) is 0 Å². The summed E-state index contributed by atoms with van der Waals surface area (Å²) >= 11 is 0. The third kappa shape index (κ3) is 3.93. The van der Waals surface area contributed by atoms with Crippen LogP contribution < -0.4 is 14.8 Å². The molecule has 6 nitrogen and oxygen atoms in total. The monoisotopic (exact) mass is 390 g/mol. The zero-order valence-electron chi connectivity index (χ0n) is 17.8. The normalized spacial score (nSPS) is 26.3. The summed E-state index contributed by atoms with van der Waals surface area (Å²) in [4.78, 5) is 14.0. The maximum atomic E-state index is 12.2. The summed E-state index contributed by atoms with van der Waals surface area (Å²) in [7, 11) is 5.09. The molecular weight excluding hydrogens is 356 g/mol. The molecule has 156 valence electrons. The van der Waals surface area contributed by atoms with Gasteiger partial charge in [0.25, 0.3) is 0 Å². The number of nitrogens with zero attached hydrogens (tertiary/aromatic N) is 1. The second kappa shape index (κ2) is 8.60. The van der Waals surface area contributed by atoms with E-state index in [-0.39, 0.29) is 29.6 Å². The lowest BCUT2D eigenvalue weighted by Crippen LogP contribution is -2.44. The molecule has 1 amide bonds. The fourth-order valence-corrected chi connectivity index (χ4v) is 4.73. The minimum atomic E-state index is -0.270. The molecule has 1 aliphatic carbocycles. The lowest BCUT2D eigenvalue weighted by atomic mass is 9.71. The molecule has 1 unspecified atom stereocenters. The Morgan fingerprint density at radius 1 is 1.25 bits per heavy atom. The van der Waals surface area contributed by atoms with Gasteiger partial charge in [-0.05, 0) is 57.4 Å². The van der Waals surface area contributed by atoms with Gasteiger partial charge >= 0.3 is 6.09 Å². The van der Waals surface area contributed by atoms with Crippen LogP contribution in [0.2, 0.25) is 0 Å². The van der Waals surface area contributed by atoms with Gasteiger partial charge < -0.3 is 24.4 Å². The van der Waals surface area contributed by atoms with Crippen LogP contribution in [0, 0.1) is 5.41 Å². The van der Waals surface area contributed by atoms with Crippen molar-refractivity contribution in [3.8, 4) is 11.5 Å². The highest BCUT2D eigenvalue weighted by molar-refractivity contribution is 5.68. The highest BCUT2D eigenvalue weighted by atomic mass is 16.5. The molecule has 6 heteroatoms. The number of nitrogens with one attached hydrogen (secondary N) is 1. The predicted octanol–water partition coefficient (Wildman–Crippen LogP) is 3.80. The summed E-state index contributed by atoms with van der Waals surface area (Å²) in [5.41, 5.74) is 1.05. The molecule has 0 radical (unpaired) electrons. The van der Waals surface area contributed by atoms with E-state index in [1.54, 1.807) is 12.0 Å². The number of likely N-dealkylation sites (tertiary alicyclic amines) is 1. The van der Waals surface area contributed by atoms with Crippen molar-refractivity contribution in [2.24, 2.45) is 5.41 Å². The van der Waals surface area contributed by atoms with Crippen LogP contribution in [0.15, 0.2) is 18.2 Å². The molecule has 1 aromatic carbocycles. The van der Waals surface area contributed by atoms with Crippen molar-refractivity contribution in [1.82, 2.24) is 10.2 Å². The van der Waals surface area contributed by atoms with Gasteiger partial charge in [0.05, 0.1) is 20.3 Å². The summed E-state index contributed by atoms with van der Waals surface area (Å²) in [5, 5.41) is 3.39. The molecule has 0 spiro atoms. The number of methoxy groups -OCH3 is 2. The van der Waals surface area contributed by atoms with Crippen molar-refractivity contribution in [2.75, 3.05) is 34.4 Å². The van der Waals surface area contributed by atoms with Crippen LogP contribution in [0.25, 0.3) is 0 Å². The highest BCUT2D eigenvalue weighted by Crippen LogP contribution is 2.47. The molecule has 1 aliphatic heterocycles. The minimum absolute atomic E-state index is 0.123. The molecule has 0 aromatic heterocycles. The standard InChI is InChI=1S/C22H34N2O4/c1-15(23-3)22(2)14-24(21(25)27-5)13-18(22)16-10-11-19(26-4)20(12-16)28-17-8-6-7-9-17/h10-12,15,17-18,23H,6-9,13-14H2,1-5H3/t15?,18-,22-/m0/s1. The van der Waals surface area contributed by atoms with Gasteiger partial charge in [0.1, 0.15) is 0 Å². The van der Waals surface area contributed by atoms with E-state index in [9.17, 15) is 4.79 Å². The Balaban J connectivity index is 1.93. The first-order valence-electron chi connectivity index (χ1n) is 10.3. The van der Waals surface area contributed by atoms with Crippen molar-refractivity contribution >= 4 is 6.09 Å². The van der Waals surface area contributed by atoms with Crippen molar-refractivity contribution in [1.29, 1.82) is 0 Å². The lowest BCUT2D eigenvalue weighted by Gasteiger charge is -2.36. The fourth-order valence-electron chi connectivity index (χ4n) is 4.73. The molecule has 3 atom stereocenters. The van der Waals surface area contributed by atoms with Gasteiger partial charge in [0.15, 0.2) is 11.5 Å². The number of ether oxygens (including phenoxy) is 3. The van der Waals surface area contributed by atoms with Crippen molar-refractivity contribution in [2.45, 2.75) is 57.6 Å². The first kappa shape index (κ1) is 20.8. The molecule has 1 heterocycles. The van der Waals surface area contributed by atoms with Gasteiger partial charge in [-0.2, -0.15) is 0 Å². The van der Waals surface area contributed by atoms with Crippen LogP contribution in [-0.2, 0) is 4.74 Å². The van der Waals surface area contributed by atoms with E-state index in [4.69, 9.17) is 14.2 Å². The van der Waals surface area contributed by atoms with E-state index in [0.29, 0.717) is 13.1 Å². The Kier molecular flexibility index (Phi) is 6.38. The smallest absolute Gasteiger partial charge is 0.409 e. The first-order valence-corrected chi connectivity index (χ1v) is 10.3. The topological polar surface area (TPSA) is 60.0 Å². The average Bonchev–Trinajstić information content (AvgIpc) is 3.35. The molecule has 1 N–H and O–H groups in total. The number of amides is 1. The Labute approximate surface area is 168 Å². The summed E-state index contributed by atoms with van der Waals surface area (Å²) in [6.07, 6.45) is 4.64. The Bertz CT molecular complexity index is 689. The van der Waals surface area contributed by atoms with Gasteiger partial charge in [-0.15, -0.1) is 0 Å². The van der Waals surface area contributed by atoms with E-state index >= 15 is 0 Å². The minimum Gasteiger partial charge on any atom is -0.493 e. The number of benzene rings is 1. The number of hydrogen-bond donors (Lipinski definition) is 1. The molecule has 2 fully saturated rings. The van der Waals surface area contributed by atoms with Crippen molar-refractivity contribution in [3.63, 3.8) is 0 Å². The molecule has 2 aliphatic rings. The van der Waals surface area contributed by atoms with Crippen LogP contribution >= 0.6 is 0 Å². The van der Waals surface area contributed by atoms with Gasteiger partial charge in [-0.25, -0.2) is 4.79 Å². The highest BCUT2D eigenvalue weighted by Gasteiger charge is 2.48. The van der Waals surface area contributed by atoms with E-state index in [1.807, 2.05) is 13.1 Å². The summed E-state index contributed by atoms with van der Waals surface area (Å²) in [6, 6.07) is 6.44. The van der Waals surface area contributed by atoms with E-state index in [1.165, 1.54) is 25.5 Å². The quantitative estimate of drug-likeness (QED) is 0.801. The Morgan fingerprint density at radius 3 is 2.57 bits per heavy atom. The zero-order valence-corrected chi connectivity index (χ0v) is 17.8. The predicted molar refractivity (Wildman–Crippen MR) is 109 cm³/mol. The first-order chi connectivity index (χ1) is 13.4. The van der Waals surface area contributed by atoms with Gasteiger partial charge in [-0.1, -0.05) is 13.0 Å². The lowest BCUT2D eigenvalue weighted by molar-refractivity contribution is 0.125. The number of rotatable bonds is 6. The molecule has 0 bridgehead atoms. The SMILES string of the molecule is CNC(C)[C@]1(C)CN(C(=O)OC)C[C@H]1c1ccc(OC)c(OC2CCCC2)c1. The molecule has 1 aromatic rings. The molecule has 3 rings (SSSR count). The molecule has 1 saturated carbocycles. The van der Waals surface area contributed by atoms with E-state index in [0.717, 1.165) is 24.3 Å². The summed E-state index contributed by atoms with van der Waals surface area (Å²) in [5.74, 6) is 1.75. The zero-order chi connectivity index (χ0) is 20.3. The largest absolute Gasteiger partial charge is 0.493 e. The molecule has 28 heavy (non-hydrogen) atoms. The van der Waals surface area contributed by atoms with Crippen molar-refractivity contribution < 1.29 is 19.0 Å². The van der Waals surface area contributed by atoms with Crippen LogP contribution in [0.5, 0.6) is 11.5 Å². The maximum absolute atomic E-state index is 12.2. The van der Waals surface area contributed by atoms with Gasteiger partial charge in [0, 0.05) is 30.5 Å². The second-order valence-corrected chi connectivity index (χ2v) is 8.35.